The first-order chi connectivity index (χ1) is 22.0. The van der Waals surface area contributed by atoms with Gasteiger partial charge < -0.3 is 10.1 Å². The average Bonchev–Trinajstić information content (AvgIpc) is 3.59. The molecule has 0 bridgehead atoms. The lowest BCUT2D eigenvalue weighted by Crippen LogP contribution is -2.47. The quantitative estimate of drug-likeness (QED) is 0.209. The van der Waals surface area contributed by atoms with Gasteiger partial charge in [0, 0.05) is 42.0 Å². The van der Waals surface area contributed by atoms with E-state index in [2.05, 4.69) is 37.0 Å². The highest BCUT2D eigenvalue weighted by Crippen LogP contribution is 2.37. The summed E-state index contributed by atoms with van der Waals surface area (Å²) in [6.45, 7) is 2.65. The lowest BCUT2D eigenvalue weighted by atomic mass is 9.88. The van der Waals surface area contributed by atoms with Crippen LogP contribution >= 0.6 is 0 Å². The van der Waals surface area contributed by atoms with Crippen LogP contribution in [0.1, 0.15) is 43.1 Å². The standard InChI is InChI=1S/C35H31N7O3/c1-21(42-18-15-25(19-30(42)35(44)45)32-39-33(41-40-32)29-9-5-6-16-36-29)22-10-12-24(13-11-22)31-26(23-7-3-2-4-8-23)20-27-28(38-31)14-17-37-34(27)43/h2-14,16-17,20-21,25,30H,15,18-19H2,1H3,(H,37,43)(H,44,45)(H,39,40,41). The van der Waals surface area contributed by atoms with E-state index in [0.29, 0.717) is 41.2 Å². The third-order valence-electron chi connectivity index (χ3n) is 8.71. The van der Waals surface area contributed by atoms with Crippen LogP contribution in [-0.4, -0.2) is 58.7 Å². The van der Waals surface area contributed by atoms with Gasteiger partial charge in [-0.25, -0.2) is 9.97 Å². The molecule has 45 heavy (non-hydrogen) atoms. The molecule has 1 aliphatic rings. The molecular formula is C35H31N7O3. The number of pyridine rings is 3. The molecule has 3 unspecified atom stereocenters. The first-order valence-corrected chi connectivity index (χ1v) is 15.0. The molecule has 224 valence electrons. The number of aromatic nitrogens is 6. The van der Waals surface area contributed by atoms with Gasteiger partial charge in [-0.2, -0.15) is 5.10 Å². The van der Waals surface area contributed by atoms with Gasteiger partial charge in [-0.15, -0.1) is 0 Å². The van der Waals surface area contributed by atoms with Crippen molar-refractivity contribution in [2.75, 3.05) is 6.54 Å². The zero-order chi connectivity index (χ0) is 30.9. The van der Waals surface area contributed by atoms with Gasteiger partial charge in [0.1, 0.15) is 17.6 Å². The van der Waals surface area contributed by atoms with Crippen molar-refractivity contribution in [1.82, 2.24) is 35.0 Å². The number of carboxylic acid groups (broad SMARTS) is 1. The number of hydrogen-bond donors (Lipinski definition) is 3. The predicted molar refractivity (Wildman–Crippen MR) is 171 cm³/mol. The molecule has 1 fully saturated rings. The van der Waals surface area contributed by atoms with Gasteiger partial charge >= 0.3 is 5.97 Å². The molecule has 10 heteroatoms. The van der Waals surface area contributed by atoms with Crippen molar-refractivity contribution in [1.29, 1.82) is 0 Å². The van der Waals surface area contributed by atoms with Crippen LogP contribution in [0.15, 0.2) is 102 Å². The summed E-state index contributed by atoms with van der Waals surface area (Å²) in [4.78, 5) is 43.8. The highest BCUT2D eigenvalue weighted by Gasteiger charge is 2.38. The number of piperidine rings is 1. The van der Waals surface area contributed by atoms with Crippen LogP contribution < -0.4 is 5.56 Å². The van der Waals surface area contributed by atoms with Crippen molar-refractivity contribution < 1.29 is 9.90 Å². The van der Waals surface area contributed by atoms with Crippen molar-refractivity contribution in [3.8, 4) is 33.9 Å². The number of likely N-dealkylation sites (tertiary alicyclic amines) is 1. The van der Waals surface area contributed by atoms with Gasteiger partial charge in [0.25, 0.3) is 5.56 Å². The second-order valence-electron chi connectivity index (χ2n) is 11.4. The van der Waals surface area contributed by atoms with Crippen LogP contribution in [0.5, 0.6) is 0 Å². The molecule has 0 aliphatic carbocycles. The maximum atomic E-state index is 12.6. The number of carboxylic acids is 1. The van der Waals surface area contributed by atoms with E-state index in [1.165, 1.54) is 0 Å². The van der Waals surface area contributed by atoms with Gasteiger partial charge in [0.2, 0.25) is 0 Å². The summed E-state index contributed by atoms with van der Waals surface area (Å²) in [6.07, 6.45) is 4.48. The monoisotopic (exact) mass is 597 g/mol. The Kier molecular flexibility index (Phi) is 7.48. The molecule has 6 aromatic rings. The van der Waals surface area contributed by atoms with Gasteiger partial charge in [-0.1, -0.05) is 60.7 Å². The number of rotatable bonds is 7. The van der Waals surface area contributed by atoms with Crippen molar-refractivity contribution in [2.24, 2.45) is 0 Å². The summed E-state index contributed by atoms with van der Waals surface area (Å²) < 4.78 is 0. The zero-order valence-corrected chi connectivity index (χ0v) is 24.6. The lowest BCUT2D eigenvalue weighted by Gasteiger charge is -2.40. The summed E-state index contributed by atoms with van der Waals surface area (Å²) in [5.74, 6) is 0.300. The summed E-state index contributed by atoms with van der Waals surface area (Å²) in [5.41, 5.74) is 5.65. The van der Waals surface area contributed by atoms with Crippen LogP contribution in [-0.2, 0) is 4.79 Å². The highest BCUT2D eigenvalue weighted by atomic mass is 16.4. The van der Waals surface area contributed by atoms with E-state index < -0.39 is 12.0 Å². The second kappa shape index (κ2) is 11.9. The summed E-state index contributed by atoms with van der Waals surface area (Å²) in [6, 6.07) is 26.5. The molecular weight excluding hydrogens is 566 g/mol. The number of aliphatic carboxylic acids is 1. The van der Waals surface area contributed by atoms with Crippen molar-refractivity contribution in [3.05, 3.63) is 119 Å². The number of aromatic amines is 2. The van der Waals surface area contributed by atoms with Gasteiger partial charge in [0.05, 0.1) is 16.6 Å². The zero-order valence-electron chi connectivity index (χ0n) is 24.6. The Morgan fingerprint density at radius 1 is 0.978 bits per heavy atom. The normalized spacial score (nSPS) is 17.7. The smallest absolute Gasteiger partial charge is 0.320 e. The Bertz CT molecular complexity index is 2020. The molecule has 0 radical (unpaired) electrons. The molecule has 5 heterocycles. The van der Waals surface area contributed by atoms with Crippen molar-refractivity contribution >= 4 is 16.9 Å². The number of nitrogens with one attached hydrogen (secondary N) is 2. The van der Waals surface area contributed by atoms with E-state index >= 15 is 0 Å². The molecule has 0 amide bonds. The Morgan fingerprint density at radius 3 is 2.53 bits per heavy atom. The largest absolute Gasteiger partial charge is 0.480 e. The van der Waals surface area contributed by atoms with E-state index in [9.17, 15) is 14.7 Å². The molecule has 1 aliphatic heterocycles. The van der Waals surface area contributed by atoms with E-state index in [1.807, 2.05) is 78.9 Å². The molecule has 0 saturated carbocycles. The third-order valence-corrected chi connectivity index (χ3v) is 8.71. The Morgan fingerprint density at radius 2 is 1.78 bits per heavy atom. The first-order valence-electron chi connectivity index (χ1n) is 15.0. The van der Waals surface area contributed by atoms with E-state index in [0.717, 1.165) is 34.4 Å². The van der Waals surface area contributed by atoms with Crippen molar-refractivity contribution in [2.45, 2.75) is 37.8 Å². The molecule has 4 aromatic heterocycles. The minimum absolute atomic E-state index is 0.0514. The summed E-state index contributed by atoms with van der Waals surface area (Å²) in [5, 5.41) is 18.1. The van der Waals surface area contributed by atoms with Crippen LogP contribution in [0.25, 0.3) is 44.8 Å². The fraction of sp³-hybridized carbons (Fsp3) is 0.200. The fourth-order valence-corrected chi connectivity index (χ4v) is 6.28. The number of carbonyl (C=O) groups is 1. The lowest BCUT2D eigenvalue weighted by molar-refractivity contribution is -0.146. The molecule has 3 N–H and O–H groups in total. The summed E-state index contributed by atoms with van der Waals surface area (Å²) in [7, 11) is 0. The highest BCUT2D eigenvalue weighted by molar-refractivity contribution is 5.91. The van der Waals surface area contributed by atoms with E-state index in [-0.39, 0.29) is 17.5 Å². The molecule has 10 nitrogen and oxygen atoms in total. The number of fused-ring (bicyclic) bond motifs is 1. The Labute approximate surface area is 258 Å². The van der Waals surface area contributed by atoms with Gasteiger partial charge in [-0.05, 0) is 55.2 Å². The Hall–Kier alpha value is -5.48. The molecule has 2 aromatic carbocycles. The number of hydrogen-bond acceptors (Lipinski definition) is 7. The SMILES string of the molecule is CC(c1ccc(-c2nc3cc[nH]c(=O)c3cc2-c2ccccc2)cc1)N1CCC(c2nc(-c3ccccn3)n[nH]2)CC1C(=O)O. The van der Waals surface area contributed by atoms with E-state index in [4.69, 9.17) is 4.98 Å². The maximum Gasteiger partial charge on any atom is 0.320 e. The van der Waals surface area contributed by atoms with Gasteiger partial charge in [0.15, 0.2) is 5.82 Å². The fourth-order valence-electron chi connectivity index (χ4n) is 6.28. The maximum absolute atomic E-state index is 12.6. The average molecular weight is 598 g/mol. The predicted octanol–water partition coefficient (Wildman–Crippen LogP) is 5.83. The summed E-state index contributed by atoms with van der Waals surface area (Å²) >= 11 is 0. The molecule has 7 rings (SSSR count). The van der Waals surface area contributed by atoms with Crippen LogP contribution in [0.4, 0.5) is 0 Å². The Balaban J connectivity index is 1.14. The first kappa shape index (κ1) is 28.3. The number of nitrogens with zero attached hydrogens (tertiary/aromatic N) is 5. The second-order valence-corrected chi connectivity index (χ2v) is 11.4. The molecule has 3 atom stereocenters. The van der Waals surface area contributed by atoms with E-state index in [1.54, 1.807) is 18.5 Å². The number of H-pyrrole nitrogens is 2. The van der Waals surface area contributed by atoms with Crippen molar-refractivity contribution in [3.63, 3.8) is 0 Å². The molecule has 0 spiro atoms. The van der Waals surface area contributed by atoms with Gasteiger partial charge in [-0.3, -0.25) is 24.6 Å². The minimum Gasteiger partial charge on any atom is -0.480 e. The number of benzene rings is 2. The topological polar surface area (TPSA) is 141 Å². The van der Waals surface area contributed by atoms with Crippen LogP contribution in [0.2, 0.25) is 0 Å². The minimum atomic E-state index is -0.851. The molecule has 1 saturated heterocycles. The van der Waals surface area contributed by atoms with Crippen LogP contribution in [0, 0.1) is 0 Å². The van der Waals surface area contributed by atoms with Crippen LogP contribution in [0.3, 0.4) is 0 Å². The third kappa shape index (κ3) is 5.51.